The van der Waals surface area contributed by atoms with Gasteiger partial charge in [0.15, 0.2) is 0 Å². The fourth-order valence-corrected chi connectivity index (χ4v) is 0. The molecule has 0 heterocycles. The van der Waals surface area contributed by atoms with Crippen LogP contribution in [0.5, 0.6) is 0 Å². The number of nitrogens with zero attached hydrogens (tertiary/aromatic N) is 1. The summed E-state index contributed by atoms with van der Waals surface area (Å²) < 4.78 is 11.1. The van der Waals surface area contributed by atoms with Crippen LogP contribution in [0.4, 0.5) is 9.18 Å². The van der Waals surface area contributed by atoms with Crippen LogP contribution in [0.2, 0.25) is 0 Å². The Hall–Kier alpha value is -0.600. The molecule has 0 aliphatic carbocycles. The van der Waals surface area contributed by atoms with Crippen LogP contribution in [-0.2, 0) is 0 Å². The molecule has 1 amide bonds. The van der Waals surface area contributed by atoms with Crippen molar-refractivity contribution in [3.05, 3.63) is 0 Å². The second-order valence-electron chi connectivity index (χ2n) is 1.15. The van der Waals surface area contributed by atoms with Gasteiger partial charge in [-0.2, -0.15) is 0 Å². The molecule has 0 saturated heterocycles. The smallest absolute Gasteiger partial charge is 0.321 e. The maximum atomic E-state index is 11.1. The summed E-state index contributed by atoms with van der Waals surface area (Å²) in [5, 5.41) is 0. The average molecular weight is 91.1 g/mol. The summed E-state index contributed by atoms with van der Waals surface area (Å²) in [6, 6.07) is 0. The molecule has 0 aromatic rings. The Kier molecular flexibility index (Phi) is 1.57. The molecule has 0 aliphatic rings. The molecule has 3 heteroatoms. The molecule has 0 atom stereocenters. The minimum absolute atomic E-state index is 0.861. The van der Waals surface area contributed by atoms with E-state index in [0.717, 1.165) is 4.90 Å². The highest BCUT2D eigenvalue weighted by Crippen LogP contribution is 1.78. The third-order valence-corrected chi connectivity index (χ3v) is 0.352. The minimum atomic E-state index is -1.41. The van der Waals surface area contributed by atoms with Gasteiger partial charge in [0.1, 0.15) is 0 Å². The number of rotatable bonds is 0. The molecule has 0 saturated carbocycles. The van der Waals surface area contributed by atoms with Crippen molar-refractivity contribution in [1.29, 1.82) is 0 Å². The molecule has 0 aromatic carbocycles. The van der Waals surface area contributed by atoms with Crippen LogP contribution >= 0.6 is 0 Å². The Morgan fingerprint density at radius 1 is 1.67 bits per heavy atom. The Morgan fingerprint density at radius 2 is 1.83 bits per heavy atom. The fourth-order valence-electron chi connectivity index (χ4n) is 0. The van der Waals surface area contributed by atoms with Gasteiger partial charge < -0.3 is 4.90 Å². The maximum absolute atomic E-state index is 11.1. The number of carbonyl (C=O) groups is 1. The molecule has 2 nitrogen and oxygen atoms in total. The molecule has 0 rings (SSSR count). The zero-order chi connectivity index (χ0) is 5.15. The molecule has 36 valence electrons. The average Bonchev–Trinajstić information content (AvgIpc) is 1.36. The van der Waals surface area contributed by atoms with E-state index in [0.29, 0.717) is 0 Å². The zero-order valence-corrected chi connectivity index (χ0v) is 3.73. The van der Waals surface area contributed by atoms with Crippen LogP contribution in [0, 0.1) is 0 Å². The number of halogens is 1. The lowest BCUT2D eigenvalue weighted by atomic mass is 10.9. The van der Waals surface area contributed by atoms with Crippen molar-refractivity contribution in [3.8, 4) is 0 Å². The van der Waals surface area contributed by atoms with Gasteiger partial charge >= 0.3 is 6.16 Å². The highest BCUT2D eigenvalue weighted by molar-refractivity contribution is 5.64. The van der Waals surface area contributed by atoms with E-state index in [1.54, 1.807) is 0 Å². The van der Waals surface area contributed by atoms with Crippen molar-refractivity contribution < 1.29 is 9.18 Å². The molecule has 0 aliphatic heterocycles. The number of amides is 1. The minimum Gasteiger partial charge on any atom is -0.321 e. The maximum Gasteiger partial charge on any atom is 0.399 e. The van der Waals surface area contributed by atoms with Crippen LogP contribution in [-0.4, -0.2) is 25.2 Å². The fraction of sp³-hybridized carbons (Fsp3) is 0.667. The second-order valence-corrected chi connectivity index (χ2v) is 1.15. The van der Waals surface area contributed by atoms with Crippen molar-refractivity contribution in [2.45, 2.75) is 0 Å². The predicted molar refractivity (Wildman–Crippen MR) is 20.2 cm³/mol. The van der Waals surface area contributed by atoms with Crippen molar-refractivity contribution in [1.82, 2.24) is 4.90 Å². The molecule has 0 unspecified atom stereocenters. The first kappa shape index (κ1) is 5.40. The van der Waals surface area contributed by atoms with Crippen molar-refractivity contribution in [2.75, 3.05) is 14.1 Å². The van der Waals surface area contributed by atoms with E-state index in [2.05, 4.69) is 0 Å². The number of hydrogen-bond donors (Lipinski definition) is 0. The topological polar surface area (TPSA) is 20.3 Å². The summed E-state index contributed by atoms with van der Waals surface area (Å²) in [6.45, 7) is 0. The van der Waals surface area contributed by atoms with Gasteiger partial charge in [-0.1, -0.05) is 0 Å². The molecule has 6 heavy (non-hydrogen) atoms. The summed E-state index contributed by atoms with van der Waals surface area (Å²) in [5.41, 5.74) is 0. The molecule has 0 fully saturated rings. The van der Waals surface area contributed by atoms with Gasteiger partial charge in [0.05, 0.1) is 0 Å². The van der Waals surface area contributed by atoms with Gasteiger partial charge in [-0.3, -0.25) is 0 Å². The third-order valence-electron chi connectivity index (χ3n) is 0.352. The quantitative estimate of drug-likeness (QED) is 0.316. The number of hydrogen-bond acceptors (Lipinski definition) is 1. The van der Waals surface area contributed by atoms with Crippen LogP contribution in [0.3, 0.4) is 0 Å². The second kappa shape index (κ2) is 1.74. The monoisotopic (exact) mass is 91.0 g/mol. The van der Waals surface area contributed by atoms with Crippen LogP contribution < -0.4 is 0 Å². The molecule has 0 aromatic heterocycles. The molecule has 0 bridgehead atoms. The Balaban J connectivity index is 3.26. The summed E-state index contributed by atoms with van der Waals surface area (Å²) in [7, 11) is 2.70. The van der Waals surface area contributed by atoms with Crippen LogP contribution in [0.1, 0.15) is 0 Å². The van der Waals surface area contributed by atoms with Gasteiger partial charge in [0, 0.05) is 14.1 Å². The van der Waals surface area contributed by atoms with E-state index >= 15 is 0 Å². The highest BCUT2D eigenvalue weighted by Gasteiger charge is 1.94. The van der Waals surface area contributed by atoms with E-state index in [1.807, 2.05) is 0 Å². The number of carbonyl (C=O) groups excluding carboxylic acids is 1. The zero-order valence-electron chi connectivity index (χ0n) is 3.73. The van der Waals surface area contributed by atoms with Gasteiger partial charge in [-0.05, 0) is 0 Å². The normalized spacial score (nSPS) is 7.83. The molecule has 0 spiro atoms. The first-order chi connectivity index (χ1) is 2.64. The van der Waals surface area contributed by atoms with Gasteiger partial charge in [-0.15, -0.1) is 4.39 Å². The van der Waals surface area contributed by atoms with E-state index < -0.39 is 6.16 Å². The summed E-state index contributed by atoms with van der Waals surface area (Å²) in [4.78, 5) is 10.3. The van der Waals surface area contributed by atoms with E-state index in [-0.39, 0.29) is 0 Å². The van der Waals surface area contributed by atoms with Crippen molar-refractivity contribution >= 4 is 6.16 Å². The summed E-state index contributed by atoms with van der Waals surface area (Å²) in [6.07, 6.45) is -1.41. The van der Waals surface area contributed by atoms with Gasteiger partial charge in [0.25, 0.3) is 0 Å². The lowest BCUT2D eigenvalue weighted by molar-refractivity contribution is 0.195. The standard InChI is InChI=1S/C3H6FNO/c1-5(2)3(4)6/h1-2H3. The van der Waals surface area contributed by atoms with Crippen molar-refractivity contribution in [2.24, 2.45) is 0 Å². The lowest BCUT2D eigenvalue weighted by Crippen LogP contribution is -2.14. The lowest BCUT2D eigenvalue weighted by Gasteiger charge is -1.97. The SMILES string of the molecule is CN(C)C(=O)F. The largest absolute Gasteiger partial charge is 0.399 e. The summed E-state index contributed by atoms with van der Waals surface area (Å²) >= 11 is 0. The summed E-state index contributed by atoms with van der Waals surface area (Å²) in [5.74, 6) is 0. The van der Waals surface area contributed by atoms with Gasteiger partial charge in [0.2, 0.25) is 0 Å². The van der Waals surface area contributed by atoms with E-state index in [1.165, 1.54) is 14.1 Å². The van der Waals surface area contributed by atoms with Gasteiger partial charge in [-0.25, -0.2) is 4.79 Å². The molecular weight excluding hydrogens is 85.0 g/mol. The Morgan fingerprint density at radius 3 is 1.83 bits per heavy atom. The van der Waals surface area contributed by atoms with Crippen molar-refractivity contribution in [3.63, 3.8) is 0 Å². The van der Waals surface area contributed by atoms with E-state index in [4.69, 9.17) is 0 Å². The third kappa shape index (κ3) is 1.69. The van der Waals surface area contributed by atoms with Crippen LogP contribution in [0.25, 0.3) is 0 Å². The Labute approximate surface area is 35.6 Å². The first-order valence-electron chi connectivity index (χ1n) is 1.51. The Bertz CT molecular complexity index is 61.8. The van der Waals surface area contributed by atoms with E-state index in [9.17, 15) is 9.18 Å². The molecular formula is C3H6FNO. The first-order valence-corrected chi connectivity index (χ1v) is 1.51. The molecule has 0 N–H and O–H groups in total. The van der Waals surface area contributed by atoms with Crippen LogP contribution in [0.15, 0.2) is 0 Å². The predicted octanol–water partition coefficient (Wildman–Crippen LogP) is 0.638. The highest BCUT2D eigenvalue weighted by atomic mass is 19.1. The molecule has 0 radical (unpaired) electrons.